The number of carbonyl (C=O) groups excluding carboxylic acids is 1. The molecule has 2 aromatic heterocycles. The molecule has 6 heteroatoms. The summed E-state index contributed by atoms with van der Waals surface area (Å²) < 4.78 is 6.07. The van der Waals surface area contributed by atoms with Crippen molar-refractivity contribution in [3.63, 3.8) is 0 Å². The van der Waals surface area contributed by atoms with E-state index in [-0.39, 0.29) is 18.2 Å². The molecule has 3 fully saturated rings. The van der Waals surface area contributed by atoms with Crippen LogP contribution < -0.4 is 5.32 Å². The standard InChI is InChI=1S/C24H25N3O2S/c28-24(26-20-10-14-30-23(20)19-6-2-1-3-7-19)29-22-18-8-12-27(13-9-18)21(22)15-17-5-4-11-25-16-17/h1-7,10-11,14,16,18,21-22H,8-9,12-13,15H2,(H,26,28). The number of hydrogen-bond acceptors (Lipinski definition) is 5. The maximum atomic E-state index is 12.9. The van der Waals surface area contributed by atoms with Gasteiger partial charge in [0, 0.05) is 18.3 Å². The van der Waals surface area contributed by atoms with Gasteiger partial charge >= 0.3 is 6.09 Å². The minimum atomic E-state index is -0.361. The molecule has 1 N–H and O–H groups in total. The first-order valence-electron chi connectivity index (χ1n) is 10.5. The van der Waals surface area contributed by atoms with E-state index in [4.69, 9.17) is 4.74 Å². The summed E-state index contributed by atoms with van der Waals surface area (Å²) in [4.78, 5) is 20.7. The van der Waals surface area contributed by atoms with Gasteiger partial charge in [0.25, 0.3) is 0 Å². The average Bonchev–Trinajstić information content (AvgIpc) is 3.25. The van der Waals surface area contributed by atoms with Gasteiger partial charge in [-0.05, 0) is 61.0 Å². The van der Waals surface area contributed by atoms with E-state index in [0.29, 0.717) is 5.92 Å². The highest BCUT2D eigenvalue weighted by molar-refractivity contribution is 7.14. The zero-order valence-corrected chi connectivity index (χ0v) is 17.6. The Morgan fingerprint density at radius 1 is 1.13 bits per heavy atom. The van der Waals surface area contributed by atoms with Crippen LogP contribution in [0.5, 0.6) is 0 Å². The van der Waals surface area contributed by atoms with Crippen LogP contribution in [0.15, 0.2) is 66.3 Å². The van der Waals surface area contributed by atoms with E-state index in [1.807, 2.05) is 41.9 Å². The summed E-state index contributed by atoms with van der Waals surface area (Å²) in [5, 5.41) is 5.00. The van der Waals surface area contributed by atoms with Gasteiger partial charge in [0.1, 0.15) is 6.10 Å². The van der Waals surface area contributed by atoms with Gasteiger partial charge in [-0.3, -0.25) is 15.2 Å². The Kier molecular flexibility index (Phi) is 5.51. The molecular formula is C24H25N3O2S. The van der Waals surface area contributed by atoms with Crippen LogP contribution in [-0.2, 0) is 11.2 Å². The smallest absolute Gasteiger partial charge is 0.412 e. The van der Waals surface area contributed by atoms with Gasteiger partial charge in [-0.2, -0.15) is 0 Å². The van der Waals surface area contributed by atoms with Crippen molar-refractivity contribution < 1.29 is 9.53 Å². The molecule has 2 atom stereocenters. The van der Waals surface area contributed by atoms with Gasteiger partial charge in [-0.15, -0.1) is 11.3 Å². The molecular weight excluding hydrogens is 394 g/mol. The Hall–Kier alpha value is -2.70. The number of anilines is 1. The first-order valence-corrected chi connectivity index (χ1v) is 11.4. The summed E-state index contributed by atoms with van der Waals surface area (Å²) in [5.41, 5.74) is 3.09. The van der Waals surface area contributed by atoms with Gasteiger partial charge in [0.15, 0.2) is 0 Å². The molecule has 0 aliphatic carbocycles. The molecule has 0 saturated carbocycles. The molecule has 1 aromatic carbocycles. The third-order valence-electron chi connectivity index (χ3n) is 6.24. The molecule has 6 rings (SSSR count). The van der Waals surface area contributed by atoms with Crippen LogP contribution in [0.3, 0.4) is 0 Å². The van der Waals surface area contributed by atoms with Crippen LogP contribution in [0, 0.1) is 5.92 Å². The molecule has 0 spiro atoms. The molecule has 5 heterocycles. The molecule has 0 radical (unpaired) electrons. The van der Waals surface area contributed by atoms with Crippen LogP contribution in [0.25, 0.3) is 10.4 Å². The number of hydrogen-bond donors (Lipinski definition) is 1. The zero-order chi connectivity index (χ0) is 20.3. The summed E-state index contributed by atoms with van der Waals surface area (Å²) >= 11 is 1.62. The lowest BCUT2D eigenvalue weighted by atomic mass is 9.78. The van der Waals surface area contributed by atoms with Crippen molar-refractivity contribution in [2.45, 2.75) is 31.4 Å². The normalized spacial score (nSPS) is 25.1. The molecule has 30 heavy (non-hydrogen) atoms. The lowest BCUT2D eigenvalue weighted by Crippen LogP contribution is -2.60. The van der Waals surface area contributed by atoms with Crippen LogP contribution >= 0.6 is 11.3 Å². The molecule has 1 amide bonds. The zero-order valence-electron chi connectivity index (χ0n) is 16.7. The Morgan fingerprint density at radius 2 is 1.97 bits per heavy atom. The van der Waals surface area contributed by atoms with Crippen LogP contribution in [0.2, 0.25) is 0 Å². The SMILES string of the molecule is O=C(Nc1ccsc1-c1ccccc1)OC1C2CCN(CC2)C1Cc1cccnc1. The number of ether oxygens (including phenoxy) is 1. The van der Waals surface area contributed by atoms with Crippen LogP contribution in [-0.4, -0.2) is 41.2 Å². The Balaban J connectivity index is 1.31. The fraction of sp³-hybridized carbons (Fsp3) is 0.333. The van der Waals surface area contributed by atoms with E-state index < -0.39 is 0 Å². The average molecular weight is 420 g/mol. The van der Waals surface area contributed by atoms with E-state index >= 15 is 0 Å². The maximum absolute atomic E-state index is 12.9. The van der Waals surface area contributed by atoms with E-state index in [0.717, 1.165) is 48.5 Å². The number of fused-ring (bicyclic) bond motifs is 3. The van der Waals surface area contributed by atoms with Crippen molar-refractivity contribution in [1.29, 1.82) is 0 Å². The number of benzene rings is 1. The molecule has 2 bridgehead atoms. The number of thiophene rings is 1. The Morgan fingerprint density at radius 3 is 2.73 bits per heavy atom. The van der Waals surface area contributed by atoms with E-state index in [1.165, 1.54) is 5.56 Å². The second kappa shape index (κ2) is 8.58. The molecule has 3 aliphatic rings. The highest BCUT2D eigenvalue weighted by atomic mass is 32.1. The first kappa shape index (κ1) is 19.3. The van der Waals surface area contributed by atoms with Crippen molar-refractivity contribution in [1.82, 2.24) is 9.88 Å². The molecule has 2 unspecified atom stereocenters. The number of pyridine rings is 1. The summed E-state index contributed by atoms with van der Waals surface area (Å²) in [5.74, 6) is 0.429. The largest absolute Gasteiger partial charge is 0.444 e. The Labute approximate surface area is 180 Å². The Bertz CT molecular complexity index is 984. The minimum absolute atomic E-state index is 0.0912. The maximum Gasteiger partial charge on any atom is 0.412 e. The number of nitrogens with one attached hydrogen (secondary N) is 1. The lowest BCUT2D eigenvalue weighted by Gasteiger charge is -2.50. The third-order valence-corrected chi connectivity index (χ3v) is 7.20. The predicted octanol–water partition coefficient (Wildman–Crippen LogP) is 5.06. The lowest BCUT2D eigenvalue weighted by molar-refractivity contribution is -0.0741. The van der Waals surface area contributed by atoms with Crippen molar-refractivity contribution in [2.24, 2.45) is 5.92 Å². The van der Waals surface area contributed by atoms with Crippen molar-refractivity contribution >= 4 is 23.1 Å². The highest BCUT2D eigenvalue weighted by Crippen LogP contribution is 2.37. The highest BCUT2D eigenvalue weighted by Gasteiger charge is 2.44. The van der Waals surface area contributed by atoms with Crippen LogP contribution in [0.4, 0.5) is 10.5 Å². The van der Waals surface area contributed by atoms with Gasteiger partial charge in [-0.1, -0.05) is 36.4 Å². The quantitative estimate of drug-likeness (QED) is 0.628. The minimum Gasteiger partial charge on any atom is -0.444 e. The van der Waals surface area contributed by atoms with E-state index in [9.17, 15) is 4.79 Å². The van der Waals surface area contributed by atoms with E-state index in [2.05, 4.69) is 33.4 Å². The number of piperidine rings is 3. The van der Waals surface area contributed by atoms with E-state index in [1.54, 1.807) is 17.5 Å². The molecule has 5 nitrogen and oxygen atoms in total. The number of amides is 1. The fourth-order valence-corrected chi connectivity index (χ4v) is 5.62. The second-order valence-electron chi connectivity index (χ2n) is 8.03. The van der Waals surface area contributed by atoms with Gasteiger partial charge in [-0.25, -0.2) is 4.79 Å². The predicted molar refractivity (Wildman–Crippen MR) is 120 cm³/mol. The van der Waals surface area contributed by atoms with Crippen LogP contribution in [0.1, 0.15) is 18.4 Å². The third kappa shape index (κ3) is 3.98. The molecule has 3 aliphatic heterocycles. The molecule has 154 valence electrons. The fourth-order valence-electron chi connectivity index (χ4n) is 4.77. The topological polar surface area (TPSA) is 54.5 Å². The number of carbonyl (C=O) groups is 1. The van der Waals surface area contributed by atoms with Crippen molar-refractivity contribution in [3.05, 3.63) is 71.9 Å². The summed E-state index contributed by atoms with van der Waals surface area (Å²) in [6, 6.07) is 16.3. The number of rotatable bonds is 5. The number of nitrogens with zero attached hydrogens (tertiary/aromatic N) is 2. The van der Waals surface area contributed by atoms with Crippen molar-refractivity contribution in [2.75, 3.05) is 18.4 Å². The monoisotopic (exact) mass is 419 g/mol. The first-order chi connectivity index (χ1) is 14.8. The van der Waals surface area contributed by atoms with Crippen molar-refractivity contribution in [3.8, 4) is 10.4 Å². The second-order valence-corrected chi connectivity index (χ2v) is 8.95. The van der Waals surface area contributed by atoms with Gasteiger partial charge in [0.05, 0.1) is 16.6 Å². The number of aromatic nitrogens is 1. The molecule has 3 aromatic rings. The summed E-state index contributed by atoms with van der Waals surface area (Å²) in [6.45, 7) is 2.17. The molecule has 3 saturated heterocycles. The van der Waals surface area contributed by atoms with Gasteiger partial charge in [0.2, 0.25) is 0 Å². The summed E-state index contributed by atoms with van der Waals surface area (Å²) in [6.07, 6.45) is 6.30. The summed E-state index contributed by atoms with van der Waals surface area (Å²) in [7, 11) is 0. The van der Waals surface area contributed by atoms with Gasteiger partial charge < -0.3 is 4.74 Å².